The second kappa shape index (κ2) is 6.40. The molecule has 0 saturated carbocycles. The van der Waals surface area contributed by atoms with E-state index in [4.69, 9.17) is 9.15 Å². The maximum absolute atomic E-state index is 12.3. The van der Waals surface area contributed by atoms with E-state index < -0.39 is 0 Å². The van der Waals surface area contributed by atoms with Gasteiger partial charge in [0, 0.05) is 0 Å². The first-order valence-corrected chi connectivity index (χ1v) is 7.32. The molecule has 3 aromatic rings. The predicted molar refractivity (Wildman–Crippen MR) is 89.1 cm³/mol. The molecule has 0 radical (unpaired) electrons. The van der Waals surface area contributed by atoms with Crippen LogP contribution in [0.25, 0.3) is 0 Å². The van der Waals surface area contributed by atoms with E-state index in [0.29, 0.717) is 22.8 Å². The van der Waals surface area contributed by atoms with Crippen LogP contribution in [0.4, 0.5) is 5.69 Å². The van der Waals surface area contributed by atoms with Gasteiger partial charge in [0.2, 0.25) is 0 Å². The average molecular weight is 307 g/mol. The Kier molecular flexibility index (Phi) is 4.15. The number of hydrogen-bond acceptors (Lipinski definition) is 3. The number of hydrogen-bond donors (Lipinski definition) is 1. The Balaban J connectivity index is 1.83. The van der Waals surface area contributed by atoms with Gasteiger partial charge in [-0.2, -0.15) is 0 Å². The monoisotopic (exact) mass is 307 g/mol. The van der Waals surface area contributed by atoms with Crippen LogP contribution < -0.4 is 10.1 Å². The fourth-order valence-corrected chi connectivity index (χ4v) is 2.27. The molecule has 0 fully saturated rings. The normalized spacial score (nSPS) is 10.3. The molecule has 0 saturated heterocycles. The van der Waals surface area contributed by atoms with Gasteiger partial charge < -0.3 is 14.5 Å². The Bertz CT molecular complexity index is 836. The van der Waals surface area contributed by atoms with Gasteiger partial charge in [-0.05, 0) is 49.7 Å². The summed E-state index contributed by atoms with van der Waals surface area (Å²) in [5.74, 6) is 1.68. The van der Waals surface area contributed by atoms with Crippen molar-refractivity contribution in [3.63, 3.8) is 0 Å². The van der Waals surface area contributed by atoms with Gasteiger partial charge in [0.15, 0.2) is 5.75 Å². The van der Waals surface area contributed by atoms with Crippen LogP contribution in [0.1, 0.15) is 21.7 Å². The van der Waals surface area contributed by atoms with Gasteiger partial charge >= 0.3 is 0 Å². The number of anilines is 1. The first-order chi connectivity index (χ1) is 11.1. The average Bonchev–Trinajstić information content (AvgIpc) is 2.95. The van der Waals surface area contributed by atoms with E-state index >= 15 is 0 Å². The van der Waals surface area contributed by atoms with E-state index in [1.807, 2.05) is 49.4 Å². The standard InChI is InChI=1S/C19H17NO3/c1-13-6-5-7-15(12-13)23-18-9-4-3-8-17(18)20-19(21)16-10-11-22-14(16)2/h3-12H,1-2H3,(H,20,21). The molecule has 1 N–H and O–H groups in total. The molecule has 1 amide bonds. The van der Waals surface area contributed by atoms with Crippen molar-refractivity contribution in [1.82, 2.24) is 0 Å². The Morgan fingerprint density at radius 2 is 1.87 bits per heavy atom. The Morgan fingerprint density at radius 3 is 2.61 bits per heavy atom. The molecule has 0 unspecified atom stereocenters. The van der Waals surface area contributed by atoms with Crippen molar-refractivity contribution >= 4 is 11.6 Å². The highest BCUT2D eigenvalue weighted by molar-refractivity contribution is 6.05. The Hall–Kier alpha value is -3.01. The van der Waals surface area contributed by atoms with Gasteiger partial charge in [-0.1, -0.05) is 24.3 Å². The van der Waals surface area contributed by atoms with E-state index in [1.54, 1.807) is 19.1 Å². The minimum Gasteiger partial charge on any atom is -0.469 e. The molecular weight excluding hydrogens is 290 g/mol. The Labute approximate surface area is 134 Å². The Morgan fingerprint density at radius 1 is 1.04 bits per heavy atom. The van der Waals surface area contributed by atoms with E-state index in [-0.39, 0.29) is 5.91 Å². The third-order valence-corrected chi connectivity index (χ3v) is 3.46. The second-order valence-electron chi connectivity index (χ2n) is 5.26. The van der Waals surface area contributed by atoms with Gasteiger partial charge in [0.05, 0.1) is 17.5 Å². The van der Waals surface area contributed by atoms with Crippen molar-refractivity contribution in [3.05, 3.63) is 77.7 Å². The highest BCUT2D eigenvalue weighted by atomic mass is 16.5. The van der Waals surface area contributed by atoms with Gasteiger partial charge in [0.25, 0.3) is 5.91 Å². The summed E-state index contributed by atoms with van der Waals surface area (Å²) < 4.78 is 11.1. The topological polar surface area (TPSA) is 51.5 Å². The van der Waals surface area contributed by atoms with Gasteiger partial charge in [-0.15, -0.1) is 0 Å². The highest BCUT2D eigenvalue weighted by Crippen LogP contribution is 2.30. The zero-order valence-corrected chi connectivity index (χ0v) is 13.0. The van der Waals surface area contributed by atoms with Crippen LogP contribution in [-0.4, -0.2) is 5.91 Å². The summed E-state index contributed by atoms with van der Waals surface area (Å²) in [5.41, 5.74) is 2.23. The third kappa shape index (κ3) is 3.43. The highest BCUT2D eigenvalue weighted by Gasteiger charge is 2.14. The van der Waals surface area contributed by atoms with E-state index in [2.05, 4.69) is 5.32 Å². The lowest BCUT2D eigenvalue weighted by Gasteiger charge is -2.12. The molecule has 116 valence electrons. The SMILES string of the molecule is Cc1cccc(Oc2ccccc2NC(=O)c2ccoc2C)c1. The number of para-hydroxylation sites is 2. The zero-order valence-electron chi connectivity index (χ0n) is 13.0. The number of furan rings is 1. The second-order valence-corrected chi connectivity index (χ2v) is 5.26. The lowest BCUT2D eigenvalue weighted by atomic mass is 10.2. The van der Waals surface area contributed by atoms with Crippen molar-refractivity contribution in [2.45, 2.75) is 13.8 Å². The number of amides is 1. The predicted octanol–water partition coefficient (Wildman–Crippen LogP) is 4.94. The van der Waals surface area contributed by atoms with Crippen LogP contribution >= 0.6 is 0 Å². The fourth-order valence-electron chi connectivity index (χ4n) is 2.27. The summed E-state index contributed by atoms with van der Waals surface area (Å²) in [6.45, 7) is 3.76. The molecule has 23 heavy (non-hydrogen) atoms. The molecular formula is C19H17NO3. The first kappa shape index (κ1) is 14.9. The number of aryl methyl sites for hydroxylation is 2. The minimum absolute atomic E-state index is 0.225. The van der Waals surface area contributed by atoms with Crippen LogP contribution in [-0.2, 0) is 0 Å². The maximum Gasteiger partial charge on any atom is 0.259 e. The van der Waals surface area contributed by atoms with Crippen molar-refractivity contribution in [1.29, 1.82) is 0 Å². The molecule has 0 aliphatic carbocycles. The van der Waals surface area contributed by atoms with Gasteiger partial charge in [0.1, 0.15) is 11.5 Å². The van der Waals surface area contributed by atoms with Gasteiger partial charge in [-0.25, -0.2) is 0 Å². The summed E-state index contributed by atoms with van der Waals surface area (Å²) >= 11 is 0. The zero-order chi connectivity index (χ0) is 16.2. The van der Waals surface area contributed by atoms with Crippen molar-refractivity contribution in [2.75, 3.05) is 5.32 Å². The number of carbonyl (C=O) groups excluding carboxylic acids is 1. The molecule has 3 rings (SSSR count). The number of benzene rings is 2. The molecule has 4 nitrogen and oxygen atoms in total. The van der Waals surface area contributed by atoms with Crippen LogP contribution in [0, 0.1) is 13.8 Å². The van der Waals surface area contributed by atoms with Crippen LogP contribution in [0.15, 0.2) is 65.3 Å². The van der Waals surface area contributed by atoms with E-state index in [9.17, 15) is 4.79 Å². The summed E-state index contributed by atoms with van der Waals surface area (Å²) in [5, 5.41) is 2.86. The molecule has 1 aromatic heterocycles. The van der Waals surface area contributed by atoms with Crippen LogP contribution in [0.3, 0.4) is 0 Å². The summed E-state index contributed by atoms with van der Waals surface area (Å²) in [7, 11) is 0. The summed E-state index contributed by atoms with van der Waals surface area (Å²) in [4.78, 5) is 12.3. The third-order valence-electron chi connectivity index (χ3n) is 3.46. The largest absolute Gasteiger partial charge is 0.469 e. The quantitative estimate of drug-likeness (QED) is 0.742. The molecule has 0 atom stereocenters. The van der Waals surface area contributed by atoms with Crippen LogP contribution in [0.5, 0.6) is 11.5 Å². The molecule has 2 aromatic carbocycles. The fraction of sp³-hybridized carbons (Fsp3) is 0.105. The van der Waals surface area contributed by atoms with Crippen LogP contribution in [0.2, 0.25) is 0 Å². The number of carbonyl (C=O) groups is 1. The summed E-state index contributed by atoms with van der Waals surface area (Å²) in [6, 6.07) is 16.7. The molecule has 0 aliphatic heterocycles. The molecule has 0 spiro atoms. The maximum atomic E-state index is 12.3. The van der Waals surface area contributed by atoms with E-state index in [1.165, 1.54) is 6.26 Å². The smallest absolute Gasteiger partial charge is 0.259 e. The first-order valence-electron chi connectivity index (χ1n) is 7.32. The number of nitrogens with one attached hydrogen (secondary N) is 1. The lowest BCUT2D eigenvalue weighted by Crippen LogP contribution is -2.12. The van der Waals surface area contributed by atoms with Crippen molar-refractivity contribution in [3.8, 4) is 11.5 Å². The molecule has 1 heterocycles. The number of rotatable bonds is 4. The minimum atomic E-state index is -0.225. The lowest BCUT2D eigenvalue weighted by molar-refractivity contribution is 0.102. The molecule has 0 bridgehead atoms. The van der Waals surface area contributed by atoms with Gasteiger partial charge in [-0.3, -0.25) is 4.79 Å². The van der Waals surface area contributed by atoms with Crippen molar-refractivity contribution < 1.29 is 13.9 Å². The number of ether oxygens (including phenoxy) is 1. The molecule has 4 heteroatoms. The summed E-state index contributed by atoms with van der Waals surface area (Å²) in [6.07, 6.45) is 1.50. The van der Waals surface area contributed by atoms with Crippen molar-refractivity contribution in [2.24, 2.45) is 0 Å². The molecule has 0 aliphatic rings. The van der Waals surface area contributed by atoms with E-state index in [0.717, 1.165) is 11.3 Å².